The molecule has 110 valence electrons. The zero-order chi connectivity index (χ0) is 15.6. The van der Waals surface area contributed by atoms with Gasteiger partial charge < -0.3 is 5.73 Å². The summed E-state index contributed by atoms with van der Waals surface area (Å²) in [4.78, 5) is 13.1. The molecule has 3 heteroatoms. The largest absolute Gasteiger partial charge is 0.368 e. The molecule has 21 heavy (non-hydrogen) atoms. The zero-order valence-corrected chi connectivity index (χ0v) is 13.8. The Morgan fingerprint density at radius 1 is 1.00 bits per heavy atom. The Kier molecular flexibility index (Phi) is 4.73. The third-order valence-corrected chi connectivity index (χ3v) is 5.48. The molecule has 2 aromatic rings. The van der Waals surface area contributed by atoms with Crippen molar-refractivity contribution < 1.29 is 4.79 Å². The Morgan fingerprint density at radius 2 is 1.52 bits per heavy atom. The van der Waals surface area contributed by atoms with Gasteiger partial charge in [-0.1, -0.05) is 36.4 Å². The first-order chi connectivity index (χ1) is 9.91. The molecule has 0 radical (unpaired) electrons. The van der Waals surface area contributed by atoms with E-state index in [1.165, 1.54) is 27.1 Å². The molecular formula is C18H21NOS. The van der Waals surface area contributed by atoms with E-state index in [1.807, 2.05) is 30.3 Å². The van der Waals surface area contributed by atoms with Crippen LogP contribution in [0.25, 0.3) is 0 Å². The third-order valence-electron chi connectivity index (χ3n) is 3.89. The maximum absolute atomic E-state index is 11.9. The van der Waals surface area contributed by atoms with Crippen molar-refractivity contribution in [2.75, 3.05) is 0 Å². The maximum Gasteiger partial charge on any atom is 0.235 e. The first-order valence-electron chi connectivity index (χ1n) is 7.00. The summed E-state index contributed by atoms with van der Waals surface area (Å²) in [5.74, 6) is -0.302. The van der Waals surface area contributed by atoms with E-state index >= 15 is 0 Å². The Bertz CT molecular complexity index is 638. The average Bonchev–Trinajstić information content (AvgIpc) is 2.46. The van der Waals surface area contributed by atoms with E-state index in [-0.39, 0.29) is 11.2 Å². The van der Waals surface area contributed by atoms with Crippen LogP contribution >= 0.6 is 11.8 Å². The zero-order valence-electron chi connectivity index (χ0n) is 12.9. The first kappa shape index (κ1) is 15.6. The first-order valence-corrected chi connectivity index (χ1v) is 7.88. The van der Waals surface area contributed by atoms with Gasteiger partial charge in [0.05, 0.1) is 0 Å². The second-order valence-corrected chi connectivity index (χ2v) is 6.52. The molecule has 0 saturated carbocycles. The molecule has 2 aromatic carbocycles. The molecule has 0 spiro atoms. The smallest absolute Gasteiger partial charge is 0.235 e. The summed E-state index contributed by atoms with van der Waals surface area (Å²) >= 11 is 1.56. The quantitative estimate of drug-likeness (QED) is 0.858. The topological polar surface area (TPSA) is 43.1 Å². The molecule has 0 saturated heterocycles. The lowest BCUT2D eigenvalue weighted by Gasteiger charge is -2.19. The van der Waals surface area contributed by atoms with Gasteiger partial charge in [-0.25, -0.2) is 0 Å². The highest BCUT2D eigenvalue weighted by molar-refractivity contribution is 8.00. The van der Waals surface area contributed by atoms with E-state index < -0.39 is 0 Å². The summed E-state index contributed by atoms with van der Waals surface area (Å²) in [6.07, 6.45) is 0. The molecule has 0 bridgehead atoms. The highest BCUT2D eigenvalue weighted by Gasteiger charge is 2.22. The van der Waals surface area contributed by atoms with Crippen LogP contribution in [-0.4, -0.2) is 5.91 Å². The fourth-order valence-electron chi connectivity index (χ4n) is 2.39. The summed E-state index contributed by atoms with van der Waals surface area (Å²) in [6.45, 7) is 8.42. The van der Waals surface area contributed by atoms with Crippen molar-refractivity contribution in [1.82, 2.24) is 0 Å². The molecular weight excluding hydrogens is 278 g/mol. The van der Waals surface area contributed by atoms with E-state index in [1.54, 1.807) is 11.8 Å². The van der Waals surface area contributed by atoms with Crippen molar-refractivity contribution in [2.24, 2.45) is 5.73 Å². The van der Waals surface area contributed by atoms with Gasteiger partial charge in [0.15, 0.2) is 0 Å². The normalized spacial score (nSPS) is 12.2. The van der Waals surface area contributed by atoms with Crippen molar-refractivity contribution in [2.45, 2.75) is 37.8 Å². The van der Waals surface area contributed by atoms with Gasteiger partial charge >= 0.3 is 0 Å². The second-order valence-electron chi connectivity index (χ2n) is 5.40. The molecule has 0 fully saturated rings. The SMILES string of the molecule is Cc1cc(C)c(C)c(SC(C(N)=O)c2ccccc2)c1C. The van der Waals surface area contributed by atoms with Crippen molar-refractivity contribution in [3.63, 3.8) is 0 Å². The molecule has 2 N–H and O–H groups in total. The van der Waals surface area contributed by atoms with Crippen LogP contribution in [-0.2, 0) is 4.79 Å². The number of primary amides is 1. The summed E-state index contributed by atoms with van der Waals surface area (Å²) in [6, 6.07) is 11.9. The number of rotatable bonds is 4. The Labute approximate surface area is 130 Å². The lowest BCUT2D eigenvalue weighted by molar-refractivity contribution is -0.117. The predicted molar refractivity (Wildman–Crippen MR) is 89.6 cm³/mol. The average molecular weight is 299 g/mol. The van der Waals surface area contributed by atoms with Gasteiger partial charge in [-0.3, -0.25) is 4.79 Å². The van der Waals surface area contributed by atoms with Gasteiger partial charge in [0, 0.05) is 4.90 Å². The number of hydrogen-bond donors (Lipinski definition) is 1. The number of thioether (sulfide) groups is 1. The van der Waals surface area contributed by atoms with E-state index in [2.05, 4.69) is 33.8 Å². The molecule has 0 aliphatic carbocycles. The van der Waals surface area contributed by atoms with Crippen LogP contribution in [0.4, 0.5) is 0 Å². The number of carbonyl (C=O) groups excluding carboxylic acids is 1. The minimum absolute atomic E-state index is 0.302. The Morgan fingerprint density at radius 3 is 2.00 bits per heavy atom. The summed E-state index contributed by atoms with van der Waals surface area (Å²) < 4.78 is 0. The van der Waals surface area contributed by atoms with Gasteiger partial charge in [-0.15, -0.1) is 11.8 Å². The van der Waals surface area contributed by atoms with Crippen LogP contribution in [0.5, 0.6) is 0 Å². The lowest BCUT2D eigenvalue weighted by Crippen LogP contribution is -2.19. The van der Waals surface area contributed by atoms with Crippen molar-refractivity contribution in [1.29, 1.82) is 0 Å². The van der Waals surface area contributed by atoms with Gasteiger partial charge in [0.1, 0.15) is 5.25 Å². The van der Waals surface area contributed by atoms with E-state index in [0.29, 0.717) is 0 Å². The molecule has 1 amide bonds. The molecule has 0 heterocycles. The monoisotopic (exact) mass is 299 g/mol. The summed E-state index contributed by atoms with van der Waals surface area (Å²) in [5, 5.41) is -0.357. The van der Waals surface area contributed by atoms with Crippen LogP contribution in [0.2, 0.25) is 0 Å². The number of amides is 1. The number of carbonyl (C=O) groups is 1. The Balaban J connectivity index is 2.46. The van der Waals surface area contributed by atoms with Crippen molar-refractivity contribution in [3.05, 3.63) is 64.2 Å². The maximum atomic E-state index is 11.9. The second kappa shape index (κ2) is 6.35. The fraction of sp³-hybridized carbons (Fsp3) is 0.278. The molecule has 2 nitrogen and oxygen atoms in total. The van der Waals surface area contributed by atoms with Gasteiger partial charge in [0.2, 0.25) is 5.91 Å². The van der Waals surface area contributed by atoms with Crippen molar-refractivity contribution in [3.8, 4) is 0 Å². The lowest BCUT2D eigenvalue weighted by atomic mass is 10.0. The van der Waals surface area contributed by atoms with Crippen LogP contribution in [0.15, 0.2) is 41.3 Å². The number of nitrogens with two attached hydrogens (primary N) is 1. The van der Waals surface area contributed by atoms with Crippen LogP contribution in [0.1, 0.15) is 33.1 Å². The molecule has 0 aliphatic rings. The molecule has 2 rings (SSSR count). The summed E-state index contributed by atoms with van der Waals surface area (Å²) in [5.41, 5.74) is 11.5. The minimum atomic E-state index is -0.357. The number of benzene rings is 2. The molecule has 1 atom stereocenters. The van der Waals surface area contributed by atoms with Gasteiger partial charge in [0.25, 0.3) is 0 Å². The predicted octanol–water partition coefficient (Wildman–Crippen LogP) is 4.24. The van der Waals surface area contributed by atoms with Crippen LogP contribution < -0.4 is 5.73 Å². The molecule has 0 aliphatic heterocycles. The van der Waals surface area contributed by atoms with Gasteiger partial charge in [-0.05, 0) is 55.5 Å². The highest BCUT2D eigenvalue weighted by atomic mass is 32.2. The van der Waals surface area contributed by atoms with Crippen LogP contribution in [0, 0.1) is 27.7 Å². The number of hydrogen-bond acceptors (Lipinski definition) is 2. The molecule has 0 aromatic heterocycles. The van der Waals surface area contributed by atoms with E-state index in [9.17, 15) is 4.79 Å². The van der Waals surface area contributed by atoms with Crippen molar-refractivity contribution >= 4 is 17.7 Å². The van der Waals surface area contributed by atoms with E-state index in [0.717, 1.165) is 5.56 Å². The minimum Gasteiger partial charge on any atom is -0.368 e. The van der Waals surface area contributed by atoms with Crippen LogP contribution in [0.3, 0.4) is 0 Å². The number of aryl methyl sites for hydroxylation is 2. The molecule has 1 unspecified atom stereocenters. The third kappa shape index (κ3) is 3.30. The van der Waals surface area contributed by atoms with Gasteiger partial charge in [-0.2, -0.15) is 0 Å². The standard InChI is InChI=1S/C18H21NOS/c1-11-10-12(2)14(4)16(13(11)3)21-17(18(19)20)15-8-6-5-7-9-15/h5-10,17H,1-4H3,(H2,19,20). The summed E-state index contributed by atoms with van der Waals surface area (Å²) in [7, 11) is 0. The fourth-order valence-corrected chi connectivity index (χ4v) is 3.71. The Hall–Kier alpha value is -1.74. The van der Waals surface area contributed by atoms with E-state index in [4.69, 9.17) is 5.73 Å². The highest BCUT2D eigenvalue weighted by Crippen LogP contribution is 2.40.